The van der Waals surface area contributed by atoms with Gasteiger partial charge in [-0.2, -0.15) is 0 Å². The van der Waals surface area contributed by atoms with Crippen molar-refractivity contribution in [2.75, 3.05) is 16.4 Å². The second kappa shape index (κ2) is 6.57. The van der Waals surface area contributed by atoms with Gasteiger partial charge in [-0.25, -0.2) is 19.9 Å². The lowest BCUT2D eigenvalue weighted by Crippen LogP contribution is -2.06. The summed E-state index contributed by atoms with van der Waals surface area (Å²) >= 11 is 1.56. The summed E-state index contributed by atoms with van der Waals surface area (Å²) in [6, 6.07) is 11.8. The topological polar surface area (TPSA) is 102 Å². The molecule has 1 aromatic carbocycles. The SMILES string of the molecule is Cc1cccc(Nc2ncnc(Nc3nc4c(C)cccc4s3)c2N)n1. The van der Waals surface area contributed by atoms with Gasteiger partial charge in [0.1, 0.15) is 17.8 Å². The summed E-state index contributed by atoms with van der Waals surface area (Å²) in [6.45, 7) is 3.97. The minimum Gasteiger partial charge on any atom is -0.393 e. The van der Waals surface area contributed by atoms with Gasteiger partial charge >= 0.3 is 0 Å². The van der Waals surface area contributed by atoms with E-state index in [0.717, 1.165) is 26.6 Å². The van der Waals surface area contributed by atoms with Crippen molar-refractivity contribution in [1.82, 2.24) is 19.9 Å². The van der Waals surface area contributed by atoms with E-state index in [-0.39, 0.29) is 0 Å². The van der Waals surface area contributed by atoms with Crippen molar-refractivity contribution in [3.63, 3.8) is 0 Å². The van der Waals surface area contributed by atoms with E-state index in [1.54, 1.807) is 11.3 Å². The van der Waals surface area contributed by atoms with Crippen molar-refractivity contribution in [3.8, 4) is 0 Å². The maximum absolute atomic E-state index is 6.24. The summed E-state index contributed by atoms with van der Waals surface area (Å²) in [4.78, 5) is 17.5. The Bertz CT molecular complexity index is 1090. The van der Waals surface area contributed by atoms with Crippen molar-refractivity contribution < 1.29 is 0 Å². The highest BCUT2D eigenvalue weighted by atomic mass is 32.1. The molecule has 4 rings (SSSR count). The van der Waals surface area contributed by atoms with Crippen LogP contribution in [-0.4, -0.2) is 19.9 Å². The number of hydrogen-bond acceptors (Lipinski definition) is 8. The van der Waals surface area contributed by atoms with Crippen LogP contribution in [0.2, 0.25) is 0 Å². The number of aromatic nitrogens is 4. The Morgan fingerprint density at radius 1 is 0.923 bits per heavy atom. The van der Waals surface area contributed by atoms with Gasteiger partial charge in [-0.1, -0.05) is 29.5 Å². The predicted octanol–water partition coefficient (Wildman–Crippen LogP) is 4.17. The van der Waals surface area contributed by atoms with Crippen LogP contribution in [0.3, 0.4) is 0 Å². The highest BCUT2D eigenvalue weighted by Gasteiger charge is 2.12. The van der Waals surface area contributed by atoms with Crippen LogP contribution in [0.1, 0.15) is 11.3 Å². The monoisotopic (exact) mass is 363 g/mol. The van der Waals surface area contributed by atoms with E-state index in [1.807, 2.05) is 50.2 Å². The van der Waals surface area contributed by atoms with Crippen molar-refractivity contribution >= 4 is 49.8 Å². The van der Waals surface area contributed by atoms with Gasteiger partial charge < -0.3 is 16.4 Å². The van der Waals surface area contributed by atoms with E-state index in [9.17, 15) is 0 Å². The summed E-state index contributed by atoms with van der Waals surface area (Å²) in [5.74, 6) is 1.68. The van der Waals surface area contributed by atoms with Gasteiger partial charge in [0.15, 0.2) is 16.8 Å². The quantitative estimate of drug-likeness (QED) is 0.500. The molecule has 3 heterocycles. The van der Waals surface area contributed by atoms with E-state index in [1.165, 1.54) is 6.33 Å². The average molecular weight is 363 g/mol. The molecule has 0 spiro atoms. The van der Waals surface area contributed by atoms with E-state index < -0.39 is 0 Å². The molecule has 4 N–H and O–H groups in total. The molecule has 0 saturated carbocycles. The van der Waals surface area contributed by atoms with E-state index in [0.29, 0.717) is 23.1 Å². The number of nitrogens with zero attached hydrogens (tertiary/aromatic N) is 4. The molecule has 0 aliphatic rings. The fraction of sp³-hybridized carbons (Fsp3) is 0.111. The third kappa shape index (κ3) is 3.14. The number of anilines is 5. The van der Waals surface area contributed by atoms with Crippen LogP contribution in [0, 0.1) is 13.8 Å². The van der Waals surface area contributed by atoms with Gasteiger partial charge in [0.25, 0.3) is 0 Å². The zero-order valence-electron chi connectivity index (χ0n) is 14.3. The van der Waals surface area contributed by atoms with Crippen molar-refractivity contribution in [2.45, 2.75) is 13.8 Å². The van der Waals surface area contributed by atoms with E-state index in [2.05, 4.69) is 30.6 Å². The minimum absolute atomic E-state index is 0.409. The first-order chi connectivity index (χ1) is 12.6. The van der Waals surface area contributed by atoms with Crippen molar-refractivity contribution in [3.05, 3.63) is 54.0 Å². The average Bonchev–Trinajstić information content (AvgIpc) is 3.03. The van der Waals surface area contributed by atoms with Gasteiger partial charge in [-0.15, -0.1) is 0 Å². The lowest BCUT2D eigenvalue weighted by atomic mass is 10.2. The summed E-state index contributed by atoms with van der Waals surface area (Å²) in [5, 5.41) is 7.06. The molecule has 0 aliphatic heterocycles. The number of para-hydroxylation sites is 1. The summed E-state index contributed by atoms with van der Waals surface area (Å²) < 4.78 is 1.11. The van der Waals surface area contributed by atoms with Crippen LogP contribution in [0.5, 0.6) is 0 Å². The van der Waals surface area contributed by atoms with Crippen LogP contribution in [0.4, 0.5) is 28.3 Å². The van der Waals surface area contributed by atoms with Gasteiger partial charge in [-0.05, 0) is 37.6 Å². The maximum Gasteiger partial charge on any atom is 0.189 e. The minimum atomic E-state index is 0.409. The highest BCUT2D eigenvalue weighted by Crippen LogP contribution is 2.32. The third-order valence-electron chi connectivity index (χ3n) is 3.86. The molecule has 26 heavy (non-hydrogen) atoms. The van der Waals surface area contributed by atoms with Crippen LogP contribution >= 0.6 is 11.3 Å². The third-order valence-corrected chi connectivity index (χ3v) is 4.80. The molecule has 130 valence electrons. The number of rotatable bonds is 4. The largest absolute Gasteiger partial charge is 0.393 e. The fourth-order valence-corrected chi connectivity index (χ4v) is 3.51. The number of fused-ring (bicyclic) bond motifs is 1. The highest BCUT2D eigenvalue weighted by molar-refractivity contribution is 7.22. The molecule has 3 aromatic heterocycles. The molecule has 0 radical (unpaired) electrons. The Morgan fingerprint density at radius 2 is 1.69 bits per heavy atom. The molecule has 0 atom stereocenters. The number of aryl methyl sites for hydroxylation is 2. The lowest BCUT2D eigenvalue weighted by Gasteiger charge is -2.11. The number of hydrogen-bond donors (Lipinski definition) is 3. The number of nitrogen functional groups attached to an aromatic ring is 1. The first-order valence-electron chi connectivity index (χ1n) is 8.04. The zero-order valence-corrected chi connectivity index (χ0v) is 15.1. The summed E-state index contributed by atoms with van der Waals surface area (Å²) in [7, 11) is 0. The molecule has 4 aromatic rings. The molecule has 0 aliphatic carbocycles. The Labute approximate surface area is 154 Å². The Hall–Kier alpha value is -3.26. The van der Waals surface area contributed by atoms with E-state index in [4.69, 9.17) is 5.73 Å². The van der Waals surface area contributed by atoms with Crippen molar-refractivity contribution in [1.29, 1.82) is 0 Å². The molecular weight excluding hydrogens is 346 g/mol. The first-order valence-corrected chi connectivity index (χ1v) is 8.86. The maximum atomic E-state index is 6.24. The normalized spacial score (nSPS) is 10.8. The van der Waals surface area contributed by atoms with Gasteiger partial charge in [0.05, 0.1) is 10.2 Å². The van der Waals surface area contributed by atoms with Crippen LogP contribution in [-0.2, 0) is 0 Å². The number of nitrogens with one attached hydrogen (secondary N) is 2. The second-order valence-electron chi connectivity index (χ2n) is 5.84. The molecule has 0 amide bonds. The van der Waals surface area contributed by atoms with E-state index >= 15 is 0 Å². The number of pyridine rings is 1. The van der Waals surface area contributed by atoms with Crippen LogP contribution in [0.15, 0.2) is 42.7 Å². The number of nitrogens with two attached hydrogens (primary N) is 1. The van der Waals surface area contributed by atoms with Crippen molar-refractivity contribution in [2.24, 2.45) is 0 Å². The molecular formula is C18H17N7S. The smallest absolute Gasteiger partial charge is 0.189 e. The Balaban J connectivity index is 1.63. The number of benzene rings is 1. The second-order valence-corrected chi connectivity index (χ2v) is 6.87. The van der Waals surface area contributed by atoms with Gasteiger partial charge in [-0.3, -0.25) is 0 Å². The first kappa shape index (κ1) is 16.2. The van der Waals surface area contributed by atoms with Gasteiger partial charge in [0, 0.05) is 5.69 Å². The molecule has 0 fully saturated rings. The molecule has 0 saturated heterocycles. The zero-order chi connectivity index (χ0) is 18.1. The van der Waals surface area contributed by atoms with Crippen LogP contribution < -0.4 is 16.4 Å². The summed E-state index contributed by atoms with van der Waals surface area (Å²) in [5.41, 5.74) is 9.67. The summed E-state index contributed by atoms with van der Waals surface area (Å²) in [6.07, 6.45) is 1.45. The fourth-order valence-electron chi connectivity index (χ4n) is 2.57. The standard InChI is InChI=1S/C18H17N7S/c1-10-5-3-7-12-15(10)24-18(26-12)25-17-14(19)16(20-9-21-17)23-13-8-4-6-11(2)22-13/h3-9H,19H2,1-2H3,(H2,20,21,22,23,24,25). The number of thiazole rings is 1. The van der Waals surface area contributed by atoms with Crippen LogP contribution in [0.25, 0.3) is 10.2 Å². The Morgan fingerprint density at radius 3 is 2.46 bits per heavy atom. The lowest BCUT2D eigenvalue weighted by molar-refractivity contribution is 1.15. The molecule has 8 heteroatoms. The molecule has 0 bridgehead atoms. The van der Waals surface area contributed by atoms with Gasteiger partial charge in [0.2, 0.25) is 0 Å². The predicted molar refractivity (Wildman–Crippen MR) is 106 cm³/mol. The molecule has 0 unspecified atom stereocenters. The molecule has 7 nitrogen and oxygen atoms in total. The Kier molecular flexibility index (Phi) is 4.10.